The number of carbonyl (C=O) groups is 1. The Morgan fingerprint density at radius 3 is 2.21 bits per heavy atom. The summed E-state index contributed by atoms with van der Waals surface area (Å²) in [6, 6.07) is 12.3. The smallest absolute Gasteiger partial charge is 0.240 e. The van der Waals surface area contributed by atoms with Gasteiger partial charge in [-0.25, -0.2) is 13.1 Å². The van der Waals surface area contributed by atoms with Gasteiger partial charge >= 0.3 is 0 Å². The summed E-state index contributed by atoms with van der Waals surface area (Å²) in [6.07, 6.45) is 1.69. The molecule has 2 rings (SSSR count). The van der Waals surface area contributed by atoms with E-state index in [0.29, 0.717) is 24.3 Å². The van der Waals surface area contributed by atoms with Crippen molar-refractivity contribution in [1.82, 2.24) is 10.0 Å². The van der Waals surface area contributed by atoms with Crippen molar-refractivity contribution in [1.29, 1.82) is 0 Å². The Hall–Kier alpha value is -2.58. The second-order valence-electron chi connectivity index (χ2n) is 6.43. The lowest BCUT2D eigenvalue weighted by Crippen LogP contribution is -2.34. The lowest BCUT2D eigenvalue weighted by molar-refractivity contribution is -0.121. The van der Waals surface area contributed by atoms with Crippen molar-refractivity contribution < 1.29 is 22.7 Å². The zero-order valence-corrected chi connectivity index (χ0v) is 17.8. The lowest BCUT2D eigenvalue weighted by atomic mass is 10.1. The number of hydrogen-bond acceptors (Lipinski definition) is 5. The number of aryl methyl sites for hydroxylation is 2. The molecule has 0 aliphatic heterocycles. The summed E-state index contributed by atoms with van der Waals surface area (Å²) in [5, 5.41) is 2.72. The van der Waals surface area contributed by atoms with Crippen LogP contribution in [0.4, 0.5) is 0 Å². The van der Waals surface area contributed by atoms with Gasteiger partial charge in [0.1, 0.15) is 0 Å². The van der Waals surface area contributed by atoms with E-state index in [1.54, 1.807) is 44.6 Å². The molecule has 0 saturated heterocycles. The molecule has 0 bridgehead atoms. The predicted molar refractivity (Wildman–Crippen MR) is 112 cm³/mol. The van der Waals surface area contributed by atoms with Crippen LogP contribution in [0, 0.1) is 0 Å². The number of hydrogen-bond donors (Lipinski definition) is 2. The molecular formula is C21H28N2O5S. The topological polar surface area (TPSA) is 93.7 Å². The van der Waals surface area contributed by atoms with Gasteiger partial charge in [-0.2, -0.15) is 0 Å². The highest BCUT2D eigenvalue weighted by Gasteiger charge is 2.13. The number of rotatable bonds is 11. The molecule has 2 aromatic carbocycles. The molecule has 0 spiro atoms. The van der Waals surface area contributed by atoms with Gasteiger partial charge in [0, 0.05) is 19.5 Å². The second-order valence-corrected chi connectivity index (χ2v) is 8.20. The minimum Gasteiger partial charge on any atom is -0.493 e. The second kappa shape index (κ2) is 10.8. The third-order valence-corrected chi connectivity index (χ3v) is 5.95. The number of benzene rings is 2. The van der Waals surface area contributed by atoms with Gasteiger partial charge in [0.25, 0.3) is 0 Å². The van der Waals surface area contributed by atoms with E-state index in [4.69, 9.17) is 9.47 Å². The molecule has 0 atom stereocenters. The maximum atomic E-state index is 12.3. The fraction of sp³-hybridized carbons (Fsp3) is 0.381. The van der Waals surface area contributed by atoms with Crippen molar-refractivity contribution in [2.75, 3.05) is 27.3 Å². The quantitative estimate of drug-likeness (QED) is 0.544. The summed E-state index contributed by atoms with van der Waals surface area (Å²) < 4.78 is 37.5. The largest absolute Gasteiger partial charge is 0.493 e. The van der Waals surface area contributed by atoms with Gasteiger partial charge in [-0.05, 0) is 48.2 Å². The van der Waals surface area contributed by atoms with Gasteiger partial charge in [0.2, 0.25) is 15.9 Å². The van der Waals surface area contributed by atoms with Gasteiger partial charge < -0.3 is 14.8 Å². The first-order chi connectivity index (χ1) is 13.9. The number of sulfonamides is 1. The van der Waals surface area contributed by atoms with Crippen LogP contribution in [-0.4, -0.2) is 41.6 Å². The average molecular weight is 421 g/mol. The van der Waals surface area contributed by atoms with Crippen molar-refractivity contribution >= 4 is 15.9 Å². The summed E-state index contributed by atoms with van der Waals surface area (Å²) in [6.45, 7) is 2.35. The van der Waals surface area contributed by atoms with Gasteiger partial charge in [-0.15, -0.1) is 0 Å². The summed E-state index contributed by atoms with van der Waals surface area (Å²) in [5.41, 5.74) is 2.03. The molecule has 0 fully saturated rings. The Balaban J connectivity index is 1.75. The van der Waals surface area contributed by atoms with Crippen LogP contribution in [0.2, 0.25) is 0 Å². The van der Waals surface area contributed by atoms with Gasteiger partial charge in [-0.1, -0.05) is 25.1 Å². The molecular weight excluding hydrogens is 392 g/mol. The minimum atomic E-state index is -3.58. The number of methoxy groups -OCH3 is 2. The Labute approximate surface area is 172 Å². The number of ether oxygens (including phenoxy) is 2. The maximum Gasteiger partial charge on any atom is 0.240 e. The summed E-state index contributed by atoms with van der Waals surface area (Å²) >= 11 is 0. The van der Waals surface area contributed by atoms with Crippen LogP contribution in [0.1, 0.15) is 24.5 Å². The van der Waals surface area contributed by atoms with Crippen LogP contribution in [0.3, 0.4) is 0 Å². The highest BCUT2D eigenvalue weighted by atomic mass is 32.2. The number of carbonyl (C=O) groups excluding carboxylic acids is 1. The van der Waals surface area contributed by atoms with Crippen LogP contribution in [-0.2, 0) is 27.7 Å². The maximum absolute atomic E-state index is 12.3. The predicted octanol–water partition coefficient (Wildman–Crippen LogP) is 2.29. The highest BCUT2D eigenvalue weighted by molar-refractivity contribution is 7.89. The van der Waals surface area contributed by atoms with E-state index in [2.05, 4.69) is 10.0 Å². The van der Waals surface area contributed by atoms with Crippen LogP contribution >= 0.6 is 0 Å². The Morgan fingerprint density at radius 1 is 0.931 bits per heavy atom. The van der Waals surface area contributed by atoms with Crippen LogP contribution < -0.4 is 19.5 Å². The molecule has 2 N–H and O–H groups in total. The fourth-order valence-corrected chi connectivity index (χ4v) is 3.79. The Kier molecular flexibility index (Phi) is 8.48. The van der Waals surface area contributed by atoms with Crippen LogP contribution in [0.5, 0.6) is 11.5 Å². The van der Waals surface area contributed by atoms with E-state index < -0.39 is 10.0 Å². The van der Waals surface area contributed by atoms with E-state index in [1.807, 2.05) is 19.1 Å². The first-order valence-corrected chi connectivity index (χ1v) is 10.9. The van der Waals surface area contributed by atoms with Crippen molar-refractivity contribution in [2.24, 2.45) is 0 Å². The monoisotopic (exact) mass is 420 g/mol. The van der Waals surface area contributed by atoms with Crippen molar-refractivity contribution in [3.05, 3.63) is 53.6 Å². The molecule has 0 saturated carbocycles. The Bertz CT molecular complexity index is 911. The Morgan fingerprint density at radius 2 is 1.59 bits per heavy atom. The van der Waals surface area contributed by atoms with E-state index in [-0.39, 0.29) is 23.9 Å². The number of nitrogens with one attached hydrogen (secondary N) is 2. The SMILES string of the molecule is CCc1ccc(S(=O)(=O)NCCNC(=O)CCc2ccc(OC)c(OC)c2)cc1. The zero-order valence-electron chi connectivity index (χ0n) is 17.0. The van der Waals surface area contributed by atoms with Gasteiger partial charge in [0.05, 0.1) is 19.1 Å². The van der Waals surface area contributed by atoms with Crippen LogP contribution in [0.25, 0.3) is 0 Å². The van der Waals surface area contributed by atoms with E-state index in [9.17, 15) is 13.2 Å². The molecule has 0 radical (unpaired) electrons. The molecule has 158 valence electrons. The molecule has 0 aromatic heterocycles. The first kappa shape index (κ1) is 22.7. The number of amides is 1. The van der Waals surface area contributed by atoms with Crippen molar-refractivity contribution in [3.8, 4) is 11.5 Å². The van der Waals surface area contributed by atoms with Crippen molar-refractivity contribution in [3.63, 3.8) is 0 Å². The lowest BCUT2D eigenvalue weighted by Gasteiger charge is -2.10. The average Bonchev–Trinajstić information content (AvgIpc) is 2.75. The van der Waals surface area contributed by atoms with E-state index >= 15 is 0 Å². The zero-order chi connectivity index (χ0) is 21.3. The molecule has 29 heavy (non-hydrogen) atoms. The highest BCUT2D eigenvalue weighted by Crippen LogP contribution is 2.27. The summed E-state index contributed by atoms with van der Waals surface area (Å²) in [5.74, 6) is 1.11. The van der Waals surface area contributed by atoms with Crippen LogP contribution in [0.15, 0.2) is 47.4 Å². The molecule has 2 aromatic rings. The summed E-state index contributed by atoms with van der Waals surface area (Å²) in [7, 11) is -0.448. The van der Waals surface area contributed by atoms with Crippen molar-refractivity contribution in [2.45, 2.75) is 31.1 Å². The standard InChI is InChI=1S/C21H28N2O5S/c1-4-16-5-9-18(10-6-16)29(25,26)23-14-13-22-21(24)12-8-17-7-11-19(27-2)20(15-17)28-3/h5-7,9-11,15,23H,4,8,12-14H2,1-3H3,(H,22,24). The third kappa shape index (κ3) is 6.76. The molecule has 0 aliphatic carbocycles. The summed E-state index contributed by atoms with van der Waals surface area (Å²) in [4.78, 5) is 12.2. The molecule has 0 unspecified atom stereocenters. The molecule has 8 heteroatoms. The fourth-order valence-electron chi connectivity index (χ4n) is 2.76. The molecule has 1 amide bonds. The normalized spacial score (nSPS) is 11.1. The van der Waals surface area contributed by atoms with E-state index in [1.165, 1.54) is 0 Å². The first-order valence-electron chi connectivity index (χ1n) is 9.45. The minimum absolute atomic E-state index is 0.125. The molecule has 0 aliphatic rings. The molecule has 0 heterocycles. The van der Waals surface area contributed by atoms with Gasteiger partial charge in [-0.3, -0.25) is 4.79 Å². The molecule has 7 nitrogen and oxygen atoms in total. The third-order valence-electron chi connectivity index (χ3n) is 4.47. The van der Waals surface area contributed by atoms with E-state index in [0.717, 1.165) is 17.5 Å². The van der Waals surface area contributed by atoms with Gasteiger partial charge in [0.15, 0.2) is 11.5 Å².